The molecular weight excluding hydrogens is 292 g/mol. The minimum Gasteiger partial charge on any atom is -0.490 e. The van der Waals surface area contributed by atoms with Gasteiger partial charge in [0.25, 0.3) is 0 Å². The molecule has 0 aliphatic heterocycles. The van der Waals surface area contributed by atoms with Gasteiger partial charge in [0.15, 0.2) is 11.4 Å². The van der Waals surface area contributed by atoms with E-state index in [1.54, 1.807) is 10.6 Å². The lowest BCUT2D eigenvalue weighted by Crippen LogP contribution is -2.01. The third-order valence-corrected chi connectivity index (χ3v) is 3.54. The number of rotatable bonds is 7. The van der Waals surface area contributed by atoms with Crippen molar-refractivity contribution in [2.45, 2.75) is 19.3 Å². The number of carbonyl (C=O) groups is 1. The molecule has 0 unspecified atom stereocenters. The molecule has 23 heavy (non-hydrogen) atoms. The molecule has 0 radical (unpaired) electrons. The third-order valence-electron chi connectivity index (χ3n) is 3.54. The highest BCUT2D eigenvalue weighted by Gasteiger charge is 2.09. The Morgan fingerprint density at radius 2 is 2.00 bits per heavy atom. The van der Waals surface area contributed by atoms with Crippen LogP contribution in [-0.2, 0) is 17.6 Å². The molecule has 0 aliphatic rings. The molecular formula is C18H18N2O3. The van der Waals surface area contributed by atoms with Gasteiger partial charge < -0.3 is 14.2 Å². The van der Waals surface area contributed by atoms with Gasteiger partial charge in [-0.25, -0.2) is 4.98 Å². The number of ether oxygens (including phenoxy) is 1. The van der Waals surface area contributed by atoms with E-state index in [0.29, 0.717) is 23.7 Å². The quantitative estimate of drug-likeness (QED) is 0.681. The Hall–Kier alpha value is -2.82. The molecule has 0 saturated heterocycles. The number of hydrogen-bond acceptors (Lipinski definition) is 3. The van der Waals surface area contributed by atoms with E-state index in [2.05, 4.69) is 17.1 Å². The largest absolute Gasteiger partial charge is 0.490 e. The van der Waals surface area contributed by atoms with Gasteiger partial charge in [0, 0.05) is 12.4 Å². The highest BCUT2D eigenvalue weighted by molar-refractivity contribution is 5.70. The predicted octanol–water partition coefficient (Wildman–Crippen LogP) is 2.97. The first-order chi connectivity index (χ1) is 11.2. The number of carboxylic acid groups (broad SMARTS) is 1. The van der Waals surface area contributed by atoms with Crippen LogP contribution in [0.25, 0.3) is 5.65 Å². The van der Waals surface area contributed by atoms with E-state index in [9.17, 15) is 4.79 Å². The van der Waals surface area contributed by atoms with Crippen molar-refractivity contribution >= 4 is 11.6 Å². The molecule has 0 fully saturated rings. The van der Waals surface area contributed by atoms with Gasteiger partial charge in [-0.15, -0.1) is 0 Å². The Bertz CT molecular complexity index is 796. The van der Waals surface area contributed by atoms with Crippen molar-refractivity contribution in [2.75, 3.05) is 6.61 Å². The van der Waals surface area contributed by atoms with Crippen molar-refractivity contribution < 1.29 is 14.6 Å². The van der Waals surface area contributed by atoms with E-state index in [1.165, 1.54) is 5.56 Å². The molecule has 1 aromatic carbocycles. The Morgan fingerprint density at radius 1 is 1.17 bits per heavy atom. The maximum atomic E-state index is 10.8. The summed E-state index contributed by atoms with van der Waals surface area (Å²) in [6.45, 7) is 0.593. The van der Waals surface area contributed by atoms with E-state index in [1.807, 2.05) is 36.5 Å². The Labute approximate surface area is 134 Å². The van der Waals surface area contributed by atoms with Gasteiger partial charge in [-0.3, -0.25) is 4.79 Å². The number of imidazole rings is 1. The van der Waals surface area contributed by atoms with Crippen molar-refractivity contribution in [3.63, 3.8) is 0 Å². The fourth-order valence-electron chi connectivity index (χ4n) is 2.49. The number of aromatic nitrogens is 2. The van der Waals surface area contributed by atoms with E-state index in [-0.39, 0.29) is 6.42 Å². The first-order valence-electron chi connectivity index (χ1n) is 7.57. The molecule has 0 aliphatic carbocycles. The monoisotopic (exact) mass is 310 g/mol. The number of aryl methyl sites for hydroxylation is 1. The summed E-state index contributed by atoms with van der Waals surface area (Å²) in [7, 11) is 0. The van der Waals surface area contributed by atoms with Gasteiger partial charge in [0.2, 0.25) is 0 Å². The molecule has 5 heteroatoms. The minimum atomic E-state index is -0.890. The molecule has 0 bridgehead atoms. The van der Waals surface area contributed by atoms with Gasteiger partial charge in [-0.05, 0) is 30.5 Å². The highest BCUT2D eigenvalue weighted by Crippen LogP contribution is 2.19. The molecule has 2 aromatic heterocycles. The van der Waals surface area contributed by atoms with Crippen molar-refractivity contribution in [1.29, 1.82) is 0 Å². The van der Waals surface area contributed by atoms with E-state index in [4.69, 9.17) is 9.84 Å². The number of hydrogen-bond donors (Lipinski definition) is 1. The summed E-state index contributed by atoms with van der Waals surface area (Å²) in [5.74, 6) is -0.212. The molecule has 0 atom stereocenters. The van der Waals surface area contributed by atoms with E-state index >= 15 is 0 Å². The van der Waals surface area contributed by atoms with Crippen LogP contribution in [0, 0.1) is 0 Å². The molecule has 0 spiro atoms. The first-order valence-corrected chi connectivity index (χ1v) is 7.57. The standard InChI is InChI=1S/C18H18N2O3/c21-17(22)12-15-13-20-10-4-9-16(18(20)19-15)23-11-5-8-14-6-2-1-3-7-14/h1-4,6-7,9-10,13H,5,8,11-12H2,(H,21,22). The van der Waals surface area contributed by atoms with Crippen LogP contribution in [0.15, 0.2) is 54.9 Å². The second-order valence-corrected chi connectivity index (χ2v) is 5.34. The number of aliphatic carboxylic acids is 1. The van der Waals surface area contributed by atoms with Gasteiger partial charge in [-0.2, -0.15) is 0 Å². The molecule has 3 aromatic rings. The number of benzene rings is 1. The number of carboxylic acids is 1. The molecule has 0 saturated carbocycles. The van der Waals surface area contributed by atoms with Gasteiger partial charge >= 0.3 is 5.97 Å². The second kappa shape index (κ2) is 6.96. The number of fused-ring (bicyclic) bond motifs is 1. The average Bonchev–Trinajstić information content (AvgIpc) is 2.95. The highest BCUT2D eigenvalue weighted by atomic mass is 16.5. The van der Waals surface area contributed by atoms with Crippen LogP contribution in [0.4, 0.5) is 0 Å². The number of nitrogens with zero attached hydrogens (tertiary/aromatic N) is 2. The zero-order chi connectivity index (χ0) is 16.1. The van der Waals surface area contributed by atoms with Crippen LogP contribution in [0.3, 0.4) is 0 Å². The number of pyridine rings is 1. The molecule has 5 nitrogen and oxygen atoms in total. The maximum Gasteiger partial charge on any atom is 0.309 e. The lowest BCUT2D eigenvalue weighted by molar-refractivity contribution is -0.136. The summed E-state index contributed by atoms with van der Waals surface area (Å²) in [5, 5.41) is 8.86. The average molecular weight is 310 g/mol. The van der Waals surface area contributed by atoms with Gasteiger partial charge in [0.1, 0.15) is 0 Å². The first kappa shape index (κ1) is 15.1. The zero-order valence-corrected chi connectivity index (χ0v) is 12.7. The summed E-state index contributed by atoms with van der Waals surface area (Å²) in [4.78, 5) is 15.1. The SMILES string of the molecule is O=C(O)Cc1cn2cccc(OCCCc3ccccc3)c2n1. The molecule has 2 heterocycles. The van der Waals surface area contributed by atoms with Gasteiger partial charge in [0.05, 0.1) is 18.7 Å². The summed E-state index contributed by atoms with van der Waals surface area (Å²) >= 11 is 0. The normalized spacial score (nSPS) is 10.8. The van der Waals surface area contributed by atoms with Crippen LogP contribution in [-0.4, -0.2) is 27.1 Å². The van der Waals surface area contributed by atoms with Crippen molar-refractivity contribution in [3.8, 4) is 5.75 Å². The Balaban J connectivity index is 1.63. The summed E-state index contributed by atoms with van der Waals surface area (Å²) in [6, 6.07) is 14.0. The van der Waals surface area contributed by atoms with E-state index in [0.717, 1.165) is 12.8 Å². The van der Waals surface area contributed by atoms with Crippen LogP contribution in [0.2, 0.25) is 0 Å². The van der Waals surface area contributed by atoms with Crippen LogP contribution in [0.5, 0.6) is 5.75 Å². The van der Waals surface area contributed by atoms with Crippen LogP contribution < -0.4 is 4.74 Å². The Morgan fingerprint density at radius 3 is 2.78 bits per heavy atom. The van der Waals surface area contributed by atoms with Crippen LogP contribution >= 0.6 is 0 Å². The lowest BCUT2D eigenvalue weighted by atomic mass is 10.1. The third kappa shape index (κ3) is 3.88. The molecule has 0 amide bonds. The maximum absolute atomic E-state index is 10.8. The second-order valence-electron chi connectivity index (χ2n) is 5.34. The fraction of sp³-hybridized carbons (Fsp3) is 0.222. The summed E-state index contributed by atoms with van der Waals surface area (Å²) < 4.78 is 7.62. The van der Waals surface area contributed by atoms with Gasteiger partial charge in [-0.1, -0.05) is 30.3 Å². The van der Waals surface area contributed by atoms with Crippen LogP contribution in [0.1, 0.15) is 17.7 Å². The summed E-state index contributed by atoms with van der Waals surface area (Å²) in [5.41, 5.74) is 2.47. The molecule has 118 valence electrons. The van der Waals surface area contributed by atoms with E-state index < -0.39 is 5.97 Å². The van der Waals surface area contributed by atoms with Crippen molar-refractivity contribution in [3.05, 3.63) is 66.1 Å². The topological polar surface area (TPSA) is 63.8 Å². The predicted molar refractivity (Wildman–Crippen MR) is 86.8 cm³/mol. The summed E-state index contributed by atoms with van der Waals surface area (Å²) in [6.07, 6.45) is 5.34. The van der Waals surface area contributed by atoms with Crippen molar-refractivity contribution in [2.24, 2.45) is 0 Å². The molecule has 1 N–H and O–H groups in total. The zero-order valence-electron chi connectivity index (χ0n) is 12.7. The Kier molecular flexibility index (Phi) is 4.57. The lowest BCUT2D eigenvalue weighted by Gasteiger charge is -2.07. The van der Waals surface area contributed by atoms with Crippen molar-refractivity contribution in [1.82, 2.24) is 9.38 Å². The smallest absolute Gasteiger partial charge is 0.309 e. The fourth-order valence-corrected chi connectivity index (χ4v) is 2.49. The minimum absolute atomic E-state index is 0.0882. The molecule has 3 rings (SSSR count).